The van der Waals surface area contributed by atoms with Gasteiger partial charge in [-0.2, -0.15) is 0 Å². The summed E-state index contributed by atoms with van der Waals surface area (Å²) in [5.74, 6) is -0.518. The first-order chi connectivity index (χ1) is 9.70. The van der Waals surface area contributed by atoms with Gasteiger partial charge in [-0.25, -0.2) is 0 Å². The molecule has 1 heterocycles. The number of carboxylic acids is 1. The number of hydrogen-bond donors (Lipinski definition) is 1. The zero-order valence-electron chi connectivity index (χ0n) is 13.1. The highest BCUT2D eigenvalue weighted by Crippen LogP contribution is 2.40. The van der Waals surface area contributed by atoms with Crippen LogP contribution in [0.3, 0.4) is 0 Å². The van der Waals surface area contributed by atoms with Gasteiger partial charge in [-0.15, -0.1) is 11.3 Å². The second-order valence-corrected chi connectivity index (χ2v) is 7.88. The Kier molecular flexibility index (Phi) is 4.42. The molecule has 0 radical (unpaired) electrons. The molecular formula is C16H23NO3S. The van der Waals surface area contributed by atoms with Gasteiger partial charge in [-0.05, 0) is 36.2 Å². The van der Waals surface area contributed by atoms with Gasteiger partial charge < -0.3 is 10.0 Å². The van der Waals surface area contributed by atoms with Crippen LogP contribution in [-0.2, 0) is 17.6 Å². The van der Waals surface area contributed by atoms with Gasteiger partial charge in [0, 0.05) is 17.3 Å². The van der Waals surface area contributed by atoms with Crippen LogP contribution in [0.5, 0.6) is 0 Å². The molecule has 0 aliphatic heterocycles. The number of likely N-dealkylation sites (N-methyl/N-ethyl adjacent to an activating group) is 1. The molecule has 0 aromatic carbocycles. The minimum atomic E-state index is -0.984. The molecule has 1 unspecified atom stereocenters. The first-order valence-electron chi connectivity index (χ1n) is 7.26. The van der Waals surface area contributed by atoms with Gasteiger partial charge in [-0.3, -0.25) is 9.59 Å². The number of aliphatic carboxylic acids is 1. The summed E-state index contributed by atoms with van der Waals surface area (Å²) in [6, 6.07) is 0. The average Bonchev–Trinajstić information content (AvgIpc) is 2.78. The zero-order valence-corrected chi connectivity index (χ0v) is 13.9. The highest BCUT2D eigenvalue weighted by atomic mass is 32.1. The summed E-state index contributed by atoms with van der Waals surface area (Å²) in [5.41, 5.74) is 2.13. The molecule has 116 valence electrons. The van der Waals surface area contributed by atoms with Crippen LogP contribution in [0.1, 0.15) is 48.0 Å². The molecule has 1 aliphatic rings. The number of amides is 1. The lowest BCUT2D eigenvalue weighted by Crippen LogP contribution is -2.33. The van der Waals surface area contributed by atoms with Crippen molar-refractivity contribution >= 4 is 23.2 Å². The highest BCUT2D eigenvalue weighted by molar-refractivity contribution is 7.10. The predicted octanol–water partition coefficient (Wildman–Crippen LogP) is 3.06. The molecule has 0 saturated heterocycles. The largest absolute Gasteiger partial charge is 0.480 e. The van der Waals surface area contributed by atoms with Gasteiger partial charge in [0.2, 0.25) is 0 Å². The Morgan fingerprint density at radius 3 is 2.67 bits per heavy atom. The van der Waals surface area contributed by atoms with Crippen LogP contribution in [0.15, 0.2) is 5.38 Å². The number of nitrogens with zero attached hydrogens (tertiary/aromatic N) is 1. The minimum Gasteiger partial charge on any atom is -0.480 e. The second-order valence-electron chi connectivity index (χ2n) is 6.91. The van der Waals surface area contributed by atoms with Crippen molar-refractivity contribution in [1.82, 2.24) is 4.90 Å². The lowest BCUT2D eigenvalue weighted by Gasteiger charge is -2.34. The topological polar surface area (TPSA) is 57.6 Å². The lowest BCUT2D eigenvalue weighted by atomic mass is 9.72. The van der Waals surface area contributed by atoms with E-state index in [-0.39, 0.29) is 17.9 Å². The van der Waals surface area contributed by atoms with E-state index in [1.54, 1.807) is 18.4 Å². The SMILES string of the molecule is CN(CC(=O)O)C(=O)c1csc2c1CCC(C(C)(C)C)C2. The van der Waals surface area contributed by atoms with Crippen molar-refractivity contribution in [3.8, 4) is 0 Å². The number of thiophene rings is 1. The van der Waals surface area contributed by atoms with E-state index in [4.69, 9.17) is 5.11 Å². The van der Waals surface area contributed by atoms with E-state index in [0.29, 0.717) is 11.5 Å². The third kappa shape index (κ3) is 3.46. The van der Waals surface area contributed by atoms with E-state index in [0.717, 1.165) is 24.8 Å². The van der Waals surface area contributed by atoms with Gasteiger partial charge in [0.25, 0.3) is 5.91 Å². The first-order valence-corrected chi connectivity index (χ1v) is 8.14. The van der Waals surface area contributed by atoms with Crippen molar-refractivity contribution in [3.05, 3.63) is 21.4 Å². The molecule has 1 aromatic rings. The highest BCUT2D eigenvalue weighted by Gasteiger charge is 2.32. The summed E-state index contributed by atoms with van der Waals surface area (Å²) >= 11 is 1.64. The molecule has 5 heteroatoms. The van der Waals surface area contributed by atoms with Crippen molar-refractivity contribution in [2.75, 3.05) is 13.6 Å². The van der Waals surface area contributed by atoms with Crippen molar-refractivity contribution in [1.29, 1.82) is 0 Å². The van der Waals surface area contributed by atoms with Crippen LogP contribution in [0, 0.1) is 11.3 Å². The fourth-order valence-electron chi connectivity index (χ4n) is 2.91. The fourth-order valence-corrected chi connectivity index (χ4v) is 4.07. The number of carbonyl (C=O) groups excluding carboxylic acids is 1. The van der Waals surface area contributed by atoms with E-state index in [2.05, 4.69) is 20.8 Å². The van der Waals surface area contributed by atoms with Crippen molar-refractivity contribution in [2.45, 2.75) is 40.0 Å². The summed E-state index contributed by atoms with van der Waals surface area (Å²) in [4.78, 5) is 25.7. The smallest absolute Gasteiger partial charge is 0.323 e. The monoisotopic (exact) mass is 309 g/mol. The molecule has 0 bridgehead atoms. The first kappa shape index (κ1) is 16.0. The molecule has 0 saturated carbocycles. The second kappa shape index (κ2) is 5.79. The maximum absolute atomic E-state index is 12.4. The normalized spacial score (nSPS) is 18.2. The standard InChI is InChI=1S/C16H23NO3S/c1-16(2,3)10-5-6-11-12(9-21-13(11)7-10)15(20)17(4)8-14(18)19/h9-10H,5-8H2,1-4H3,(H,18,19). The van der Waals surface area contributed by atoms with E-state index in [9.17, 15) is 9.59 Å². The van der Waals surface area contributed by atoms with Crippen LogP contribution in [-0.4, -0.2) is 35.5 Å². The Morgan fingerprint density at radius 2 is 2.10 bits per heavy atom. The van der Waals surface area contributed by atoms with Gasteiger partial charge in [0.05, 0.1) is 5.56 Å². The van der Waals surface area contributed by atoms with Gasteiger partial charge in [0.1, 0.15) is 6.54 Å². The maximum Gasteiger partial charge on any atom is 0.323 e. The molecule has 21 heavy (non-hydrogen) atoms. The summed E-state index contributed by atoms with van der Waals surface area (Å²) < 4.78 is 0. The summed E-state index contributed by atoms with van der Waals surface area (Å²) in [5, 5.41) is 10.7. The average molecular weight is 309 g/mol. The van der Waals surface area contributed by atoms with Crippen molar-refractivity contribution in [3.63, 3.8) is 0 Å². The summed E-state index contributed by atoms with van der Waals surface area (Å²) in [6.45, 7) is 6.54. The van der Waals surface area contributed by atoms with E-state index in [1.807, 2.05) is 5.38 Å². The number of hydrogen-bond acceptors (Lipinski definition) is 3. The zero-order chi connectivity index (χ0) is 15.8. The molecule has 0 spiro atoms. The summed E-state index contributed by atoms with van der Waals surface area (Å²) in [6.07, 6.45) is 3.04. The quantitative estimate of drug-likeness (QED) is 0.933. The van der Waals surface area contributed by atoms with E-state index >= 15 is 0 Å². The molecule has 1 amide bonds. The minimum absolute atomic E-state index is 0.177. The van der Waals surface area contributed by atoms with Gasteiger partial charge >= 0.3 is 5.97 Å². The summed E-state index contributed by atoms with van der Waals surface area (Å²) in [7, 11) is 1.54. The maximum atomic E-state index is 12.4. The van der Waals surface area contributed by atoms with E-state index < -0.39 is 5.97 Å². The predicted molar refractivity (Wildman–Crippen MR) is 83.9 cm³/mol. The number of rotatable bonds is 3. The molecule has 1 atom stereocenters. The molecule has 1 N–H and O–H groups in total. The van der Waals surface area contributed by atoms with Gasteiger partial charge in [-0.1, -0.05) is 20.8 Å². The Morgan fingerprint density at radius 1 is 1.43 bits per heavy atom. The van der Waals surface area contributed by atoms with Crippen molar-refractivity contribution in [2.24, 2.45) is 11.3 Å². The number of fused-ring (bicyclic) bond motifs is 1. The number of carboxylic acid groups (broad SMARTS) is 1. The Balaban J connectivity index is 2.18. The van der Waals surface area contributed by atoms with Crippen LogP contribution in [0.4, 0.5) is 0 Å². The molecule has 0 fully saturated rings. The molecule has 1 aliphatic carbocycles. The Bertz CT molecular complexity index is 556. The third-order valence-electron chi connectivity index (χ3n) is 4.33. The van der Waals surface area contributed by atoms with Crippen LogP contribution in [0.25, 0.3) is 0 Å². The molecular weight excluding hydrogens is 286 g/mol. The van der Waals surface area contributed by atoms with Crippen LogP contribution in [0.2, 0.25) is 0 Å². The third-order valence-corrected chi connectivity index (χ3v) is 5.38. The number of carbonyl (C=O) groups is 2. The molecule has 4 nitrogen and oxygen atoms in total. The fraction of sp³-hybridized carbons (Fsp3) is 0.625. The Labute approximate surface area is 129 Å². The van der Waals surface area contributed by atoms with Crippen LogP contribution < -0.4 is 0 Å². The van der Waals surface area contributed by atoms with Gasteiger partial charge in [0.15, 0.2) is 0 Å². The van der Waals surface area contributed by atoms with Crippen LogP contribution >= 0.6 is 11.3 Å². The van der Waals surface area contributed by atoms with E-state index in [1.165, 1.54) is 9.78 Å². The molecule has 1 aromatic heterocycles. The van der Waals surface area contributed by atoms with Crippen molar-refractivity contribution < 1.29 is 14.7 Å². The lowest BCUT2D eigenvalue weighted by molar-refractivity contribution is -0.137. The molecule has 2 rings (SSSR count). The Hall–Kier alpha value is -1.36.